The first-order valence-electron chi connectivity index (χ1n) is 13.2. The van der Waals surface area contributed by atoms with E-state index in [-0.39, 0.29) is 0 Å². The van der Waals surface area contributed by atoms with Crippen molar-refractivity contribution >= 4 is 54.1 Å². The highest BCUT2D eigenvalue weighted by Crippen LogP contribution is 2.46. The lowest BCUT2D eigenvalue weighted by Crippen LogP contribution is -1.95. The number of nitriles is 1. The smallest absolute Gasteiger partial charge is 0.0991 e. The lowest BCUT2D eigenvalue weighted by molar-refractivity contribution is 1.18. The molecule has 8 rings (SSSR count). The molecule has 1 aromatic heterocycles. The molecule has 0 bridgehead atoms. The number of nitrogens with zero attached hydrogens (tertiary/aromatic N) is 2. The minimum Gasteiger partial charge on any atom is -0.309 e. The van der Waals surface area contributed by atoms with E-state index < -0.39 is 0 Å². The maximum absolute atomic E-state index is 9.41. The molecule has 0 unspecified atom stereocenters. The van der Waals surface area contributed by atoms with E-state index in [0.29, 0.717) is 5.56 Å². The molecule has 0 radical (unpaired) electrons. The third kappa shape index (κ3) is 3.08. The van der Waals surface area contributed by atoms with Crippen molar-refractivity contribution in [3.63, 3.8) is 0 Å². The van der Waals surface area contributed by atoms with Gasteiger partial charge in [-0.25, -0.2) is 0 Å². The van der Waals surface area contributed by atoms with E-state index in [4.69, 9.17) is 0 Å². The molecule has 0 N–H and O–H groups in total. The zero-order valence-electron chi connectivity index (χ0n) is 21.1. The summed E-state index contributed by atoms with van der Waals surface area (Å²) in [5.41, 5.74) is 6.54. The Labute approximate surface area is 225 Å². The van der Waals surface area contributed by atoms with Crippen LogP contribution in [0.15, 0.2) is 133 Å². The Hall–Kier alpha value is -5.39. The minimum absolute atomic E-state index is 0.661. The fourth-order valence-electron chi connectivity index (χ4n) is 6.34. The summed E-state index contributed by atoms with van der Waals surface area (Å²) >= 11 is 0. The molecule has 180 valence electrons. The zero-order valence-corrected chi connectivity index (χ0v) is 21.1. The standard InChI is InChI=1S/C37H22N2/c38-23-24-18-20-26(21-19-24)39-34-17-9-8-16-31(34)36-35-29-14-6-4-12-27(29)32(25-10-2-1-3-11-25)22-33(35)28-13-5-7-15-30(28)37(36)39/h1-22H. The number of fused-ring (bicyclic) bond motifs is 10. The van der Waals surface area contributed by atoms with Crippen molar-refractivity contribution < 1.29 is 0 Å². The van der Waals surface area contributed by atoms with Crippen molar-refractivity contribution in [3.05, 3.63) is 139 Å². The van der Waals surface area contributed by atoms with E-state index in [0.717, 1.165) is 11.2 Å². The molecule has 7 aromatic carbocycles. The normalized spacial score (nSPS) is 11.6. The lowest BCUT2D eigenvalue weighted by atomic mass is 9.88. The second-order valence-electron chi connectivity index (χ2n) is 10.0. The lowest BCUT2D eigenvalue weighted by Gasteiger charge is -2.16. The molecule has 0 aliphatic carbocycles. The first-order chi connectivity index (χ1) is 19.3. The molecule has 0 atom stereocenters. The van der Waals surface area contributed by atoms with Gasteiger partial charge in [0.05, 0.1) is 22.7 Å². The highest BCUT2D eigenvalue weighted by Gasteiger charge is 2.21. The van der Waals surface area contributed by atoms with Gasteiger partial charge in [0.1, 0.15) is 0 Å². The van der Waals surface area contributed by atoms with Gasteiger partial charge in [-0.15, -0.1) is 0 Å². The maximum atomic E-state index is 9.41. The van der Waals surface area contributed by atoms with Gasteiger partial charge >= 0.3 is 0 Å². The first-order valence-corrected chi connectivity index (χ1v) is 13.2. The van der Waals surface area contributed by atoms with Crippen LogP contribution >= 0.6 is 0 Å². The van der Waals surface area contributed by atoms with Crippen LogP contribution in [0.3, 0.4) is 0 Å². The van der Waals surface area contributed by atoms with Crippen molar-refractivity contribution in [2.24, 2.45) is 0 Å². The number of hydrogen-bond acceptors (Lipinski definition) is 1. The van der Waals surface area contributed by atoms with Gasteiger partial charge in [-0.05, 0) is 69.1 Å². The summed E-state index contributed by atoms with van der Waals surface area (Å²) in [7, 11) is 0. The number of para-hydroxylation sites is 1. The van der Waals surface area contributed by atoms with Crippen molar-refractivity contribution in [2.45, 2.75) is 0 Å². The van der Waals surface area contributed by atoms with Gasteiger partial charge in [-0.3, -0.25) is 0 Å². The Bertz CT molecular complexity index is 2260. The molecule has 0 saturated carbocycles. The molecular weight excluding hydrogens is 472 g/mol. The van der Waals surface area contributed by atoms with Crippen molar-refractivity contribution in [1.29, 1.82) is 5.26 Å². The van der Waals surface area contributed by atoms with E-state index in [2.05, 4.69) is 132 Å². The number of aromatic nitrogens is 1. The number of hydrogen-bond donors (Lipinski definition) is 0. The fraction of sp³-hybridized carbons (Fsp3) is 0. The molecule has 2 nitrogen and oxygen atoms in total. The predicted octanol–water partition coefficient (Wildman–Crippen LogP) is 9.78. The van der Waals surface area contributed by atoms with Crippen LogP contribution in [0.4, 0.5) is 0 Å². The predicted molar refractivity (Wildman–Crippen MR) is 163 cm³/mol. The van der Waals surface area contributed by atoms with Crippen LogP contribution in [0.5, 0.6) is 0 Å². The Balaban J connectivity index is 1.67. The van der Waals surface area contributed by atoms with Gasteiger partial charge in [0.25, 0.3) is 0 Å². The molecule has 0 fully saturated rings. The van der Waals surface area contributed by atoms with E-state index in [1.54, 1.807) is 0 Å². The molecular formula is C37H22N2. The molecule has 0 saturated heterocycles. The largest absolute Gasteiger partial charge is 0.309 e. The molecule has 8 aromatic rings. The van der Waals surface area contributed by atoms with E-state index in [1.807, 2.05) is 12.1 Å². The molecule has 0 aliphatic rings. The van der Waals surface area contributed by atoms with Gasteiger partial charge < -0.3 is 4.57 Å². The third-order valence-electron chi connectivity index (χ3n) is 7.98. The van der Waals surface area contributed by atoms with Gasteiger partial charge in [-0.2, -0.15) is 5.26 Å². The Morgan fingerprint density at radius 3 is 1.85 bits per heavy atom. The molecule has 0 spiro atoms. The molecule has 1 heterocycles. The monoisotopic (exact) mass is 494 g/mol. The van der Waals surface area contributed by atoms with Crippen LogP contribution in [0, 0.1) is 11.3 Å². The van der Waals surface area contributed by atoms with E-state index >= 15 is 0 Å². The van der Waals surface area contributed by atoms with Crippen LogP contribution in [-0.4, -0.2) is 4.57 Å². The van der Waals surface area contributed by atoms with Crippen molar-refractivity contribution in [2.75, 3.05) is 0 Å². The maximum Gasteiger partial charge on any atom is 0.0991 e. The van der Waals surface area contributed by atoms with E-state index in [1.165, 1.54) is 59.7 Å². The fourth-order valence-corrected chi connectivity index (χ4v) is 6.34. The van der Waals surface area contributed by atoms with Gasteiger partial charge in [0, 0.05) is 27.2 Å². The van der Waals surface area contributed by atoms with Crippen LogP contribution < -0.4 is 0 Å². The van der Waals surface area contributed by atoms with Crippen LogP contribution in [0.25, 0.3) is 70.9 Å². The Kier molecular flexibility index (Phi) is 4.62. The zero-order chi connectivity index (χ0) is 25.9. The summed E-state index contributed by atoms with van der Waals surface area (Å²) in [5.74, 6) is 0. The van der Waals surface area contributed by atoms with Crippen LogP contribution in [-0.2, 0) is 0 Å². The molecule has 39 heavy (non-hydrogen) atoms. The van der Waals surface area contributed by atoms with E-state index in [9.17, 15) is 5.26 Å². The van der Waals surface area contributed by atoms with Crippen molar-refractivity contribution in [3.8, 4) is 22.9 Å². The van der Waals surface area contributed by atoms with Crippen molar-refractivity contribution in [1.82, 2.24) is 4.57 Å². The SMILES string of the molecule is N#Cc1ccc(-n2c3ccccc3c3c4c5ccccc5c(-c5ccccc5)cc4c4ccccc4c32)cc1. The minimum atomic E-state index is 0.661. The quantitative estimate of drug-likeness (QED) is 0.220. The topological polar surface area (TPSA) is 28.7 Å². The van der Waals surface area contributed by atoms with Crippen LogP contribution in [0.1, 0.15) is 5.56 Å². The molecule has 0 amide bonds. The summed E-state index contributed by atoms with van der Waals surface area (Å²) in [6.07, 6.45) is 0. The average Bonchev–Trinajstić information content (AvgIpc) is 3.36. The number of benzene rings is 7. The summed E-state index contributed by atoms with van der Waals surface area (Å²) in [4.78, 5) is 0. The Morgan fingerprint density at radius 2 is 1.10 bits per heavy atom. The highest BCUT2D eigenvalue weighted by atomic mass is 15.0. The summed E-state index contributed by atoms with van der Waals surface area (Å²) in [6.45, 7) is 0. The highest BCUT2D eigenvalue weighted by molar-refractivity contribution is 6.37. The molecule has 0 aliphatic heterocycles. The molecule has 2 heteroatoms. The third-order valence-corrected chi connectivity index (χ3v) is 7.98. The summed E-state index contributed by atoms with van der Waals surface area (Å²) in [5, 5.41) is 19.4. The summed E-state index contributed by atoms with van der Waals surface area (Å²) < 4.78 is 2.37. The van der Waals surface area contributed by atoms with Gasteiger partial charge in [0.15, 0.2) is 0 Å². The second kappa shape index (κ2) is 8.31. The average molecular weight is 495 g/mol. The second-order valence-corrected chi connectivity index (χ2v) is 10.0. The summed E-state index contributed by atoms with van der Waals surface area (Å²) in [6, 6.07) is 49.5. The van der Waals surface area contributed by atoms with Gasteiger partial charge in [-0.1, -0.05) is 97.1 Å². The Morgan fingerprint density at radius 1 is 0.487 bits per heavy atom. The number of rotatable bonds is 2. The van der Waals surface area contributed by atoms with Gasteiger partial charge in [0.2, 0.25) is 0 Å². The first kappa shape index (κ1) is 21.7. The van der Waals surface area contributed by atoms with Crippen LogP contribution in [0.2, 0.25) is 0 Å².